The van der Waals surface area contributed by atoms with Gasteiger partial charge in [-0.25, -0.2) is 0 Å². The Bertz CT molecular complexity index is 471. The second-order valence-electron chi connectivity index (χ2n) is 7.68. The molecule has 22 heavy (non-hydrogen) atoms. The Morgan fingerprint density at radius 2 is 1.77 bits per heavy atom. The predicted molar refractivity (Wildman–Crippen MR) is 82.8 cm³/mol. The van der Waals surface area contributed by atoms with Crippen LogP contribution in [0.1, 0.15) is 44.9 Å². The normalized spacial score (nSPS) is 39.0. The molecule has 2 aliphatic carbocycles. The predicted octanol–water partition coefficient (Wildman–Crippen LogP) is 0.973. The number of carbonyl (C=O) groups is 2. The van der Waals surface area contributed by atoms with Crippen LogP contribution in [0.15, 0.2) is 0 Å². The van der Waals surface area contributed by atoms with Crippen molar-refractivity contribution < 1.29 is 9.59 Å². The minimum atomic E-state index is 0.0729. The van der Waals surface area contributed by atoms with Gasteiger partial charge in [-0.05, 0) is 50.4 Å². The fraction of sp³-hybridized carbons (Fsp3) is 0.882. The maximum atomic E-state index is 12.9. The Hall–Kier alpha value is -1.10. The number of hydrogen-bond donors (Lipinski definition) is 1. The lowest BCUT2D eigenvalue weighted by atomic mass is 9.83. The molecular formula is C17H27N3O2. The van der Waals surface area contributed by atoms with Gasteiger partial charge in [0.05, 0.1) is 5.92 Å². The summed E-state index contributed by atoms with van der Waals surface area (Å²) in [5.41, 5.74) is 6.32. The zero-order valence-corrected chi connectivity index (χ0v) is 13.2. The third kappa shape index (κ3) is 2.25. The summed E-state index contributed by atoms with van der Waals surface area (Å²) >= 11 is 0. The van der Waals surface area contributed by atoms with Crippen LogP contribution in [0.25, 0.3) is 0 Å². The highest BCUT2D eigenvalue weighted by atomic mass is 16.2. The third-order valence-corrected chi connectivity index (χ3v) is 6.59. The number of fused-ring (bicyclic) bond motifs is 2. The maximum Gasteiger partial charge on any atom is 0.227 e. The topological polar surface area (TPSA) is 66.6 Å². The minimum Gasteiger partial charge on any atom is -0.342 e. The highest BCUT2D eigenvalue weighted by Gasteiger charge is 2.50. The van der Waals surface area contributed by atoms with Crippen molar-refractivity contribution in [2.24, 2.45) is 23.5 Å². The van der Waals surface area contributed by atoms with Crippen LogP contribution in [0.3, 0.4) is 0 Å². The van der Waals surface area contributed by atoms with Crippen LogP contribution in [0.4, 0.5) is 0 Å². The molecule has 122 valence electrons. The number of nitrogens with zero attached hydrogens (tertiary/aromatic N) is 2. The molecule has 5 nitrogen and oxygen atoms in total. The van der Waals surface area contributed by atoms with Gasteiger partial charge in [0, 0.05) is 38.1 Å². The van der Waals surface area contributed by atoms with E-state index in [1.54, 1.807) is 0 Å². The second-order valence-corrected chi connectivity index (χ2v) is 7.68. The average molecular weight is 305 g/mol. The molecule has 5 heteroatoms. The molecule has 0 spiro atoms. The highest BCUT2D eigenvalue weighted by Crippen LogP contribution is 2.48. The number of amides is 2. The number of nitrogens with two attached hydrogens (primary N) is 1. The molecule has 4 rings (SSSR count). The summed E-state index contributed by atoms with van der Waals surface area (Å²) in [4.78, 5) is 28.8. The van der Waals surface area contributed by atoms with Gasteiger partial charge in [-0.1, -0.05) is 0 Å². The van der Waals surface area contributed by atoms with Gasteiger partial charge < -0.3 is 15.5 Å². The van der Waals surface area contributed by atoms with Crippen LogP contribution in [-0.2, 0) is 9.59 Å². The van der Waals surface area contributed by atoms with Crippen molar-refractivity contribution in [3.63, 3.8) is 0 Å². The van der Waals surface area contributed by atoms with E-state index in [1.165, 1.54) is 12.8 Å². The maximum absolute atomic E-state index is 12.9. The van der Waals surface area contributed by atoms with E-state index in [-0.39, 0.29) is 12.0 Å². The fourth-order valence-corrected chi connectivity index (χ4v) is 5.37. The van der Waals surface area contributed by atoms with E-state index in [0.717, 1.165) is 45.3 Å². The van der Waals surface area contributed by atoms with Gasteiger partial charge in [0.1, 0.15) is 0 Å². The molecule has 0 radical (unpaired) electrons. The molecular weight excluding hydrogens is 278 g/mol. The van der Waals surface area contributed by atoms with Crippen molar-refractivity contribution in [2.45, 2.75) is 57.0 Å². The van der Waals surface area contributed by atoms with Crippen molar-refractivity contribution in [1.29, 1.82) is 0 Å². The van der Waals surface area contributed by atoms with Crippen molar-refractivity contribution in [2.75, 3.05) is 19.6 Å². The highest BCUT2D eigenvalue weighted by molar-refractivity contribution is 5.81. The molecule has 0 aromatic carbocycles. The summed E-state index contributed by atoms with van der Waals surface area (Å²) in [7, 11) is 0. The number of hydrogen-bond acceptors (Lipinski definition) is 3. The molecule has 2 N–H and O–H groups in total. The van der Waals surface area contributed by atoms with Gasteiger partial charge in [0.25, 0.3) is 0 Å². The Balaban J connectivity index is 1.35. The molecule has 0 aromatic heterocycles. The lowest BCUT2D eigenvalue weighted by molar-refractivity contribution is -0.140. The smallest absolute Gasteiger partial charge is 0.227 e. The van der Waals surface area contributed by atoms with E-state index >= 15 is 0 Å². The Labute approximate surface area is 132 Å². The van der Waals surface area contributed by atoms with Gasteiger partial charge in [-0.3, -0.25) is 9.59 Å². The summed E-state index contributed by atoms with van der Waals surface area (Å²) < 4.78 is 0. The van der Waals surface area contributed by atoms with E-state index in [9.17, 15) is 9.59 Å². The van der Waals surface area contributed by atoms with Crippen molar-refractivity contribution in [3.05, 3.63) is 0 Å². The van der Waals surface area contributed by atoms with Crippen molar-refractivity contribution in [1.82, 2.24) is 9.80 Å². The number of rotatable bonds is 2. The number of carbonyl (C=O) groups excluding carboxylic acids is 2. The minimum absolute atomic E-state index is 0.0729. The van der Waals surface area contributed by atoms with Crippen LogP contribution in [0.2, 0.25) is 0 Å². The van der Waals surface area contributed by atoms with Gasteiger partial charge in [0.2, 0.25) is 11.8 Å². The van der Waals surface area contributed by atoms with Crippen LogP contribution in [-0.4, -0.2) is 53.3 Å². The summed E-state index contributed by atoms with van der Waals surface area (Å²) in [6, 6.07) is 0.442. The van der Waals surface area contributed by atoms with Crippen LogP contribution in [0.5, 0.6) is 0 Å². The fourth-order valence-electron chi connectivity index (χ4n) is 5.37. The molecule has 2 amide bonds. The first-order valence-electron chi connectivity index (χ1n) is 8.99. The molecule has 2 saturated heterocycles. The molecule has 2 saturated carbocycles. The Morgan fingerprint density at radius 1 is 1.05 bits per heavy atom. The Morgan fingerprint density at radius 3 is 2.36 bits per heavy atom. The van der Waals surface area contributed by atoms with Crippen molar-refractivity contribution in [3.8, 4) is 0 Å². The van der Waals surface area contributed by atoms with Crippen LogP contribution < -0.4 is 5.73 Å². The quantitative estimate of drug-likeness (QED) is 0.827. The molecule has 4 unspecified atom stereocenters. The summed E-state index contributed by atoms with van der Waals surface area (Å²) in [6.45, 7) is 2.51. The monoisotopic (exact) mass is 305 g/mol. The summed E-state index contributed by atoms with van der Waals surface area (Å²) in [5.74, 6) is 1.79. The first-order valence-corrected chi connectivity index (χ1v) is 8.99. The molecule has 2 bridgehead atoms. The zero-order chi connectivity index (χ0) is 15.3. The zero-order valence-electron chi connectivity index (χ0n) is 13.2. The number of piperidine rings is 1. The van der Waals surface area contributed by atoms with E-state index in [4.69, 9.17) is 5.73 Å². The van der Waals surface area contributed by atoms with Gasteiger partial charge >= 0.3 is 0 Å². The molecule has 4 aliphatic rings. The van der Waals surface area contributed by atoms with Crippen LogP contribution >= 0.6 is 0 Å². The number of likely N-dealkylation sites (tertiary alicyclic amines) is 2. The first-order chi connectivity index (χ1) is 10.6. The van der Waals surface area contributed by atoms with Crippen LogP contribution in [0, 0.1) is 17.8 Å². The molecule has 4 atom stereocenters. The molecule has 4 fully saturated rings. The molecule has 0 aromatic rings. The van der Waals surface area contributed by atoms with Crippen molar-refractivity contribution >= 4 is 11.8 Å². The third-order valence-electron chi connectivity index (χ3n) is 6.59. The van der Waals surface area contributed by atoms with Gasteiger partial charge in [-0.15, -0.1) is 0 Å². The SMILES string of the molecule is NC1C2CCC(C2)C1C(=O)N1CCC(N2CCCC2=O)CC1. The average Bonchev–Trinajstić information content (AvgIpc) is 3.23. The first kappa shape index (κ1) is 14.5. The lowest BCUT2D eigenvalue weighted by Gasteiger charge is -2.39. The largest absolute Gasteiger partial charge is 0.342 e. The Kier molecular flexibility index (Phi) is 3.63. The molecule has 2 aliphatic heterocycles. The van der Waals surface area contributed by atoms with E-state index in [0.29, 0.717) is 36.1 Å². The van der Waals surface area contributed by atoms with Gasteiger partial charge in [-0.2, -0.15) is 0 Å². The van der Waals surface area contributed by atoms with Gasteiger partial charge in [0.15, 0.2) is 0 Å². The lowest BCUT2D eigenvalue weighted by Crippen LogP contribution is -2.52. The van der Waals surface area contributed by atoms with E-state index in [2.05, 4.69) is 0 Å². The standard InChI is InChI=1S/C17H27N3O2/c18-16-12-4-3-11(10-12)15(16)17(22)19-8-5-13(6-9-19)20-7-1-2-14(20)21/h11-13,15-16H,1-10,18H2. The van der Waals surface area contributed by atoms with E-state index < -0.39 is 0 Å². The molecule has 2 heterocycles. The summed E-state index contributed by atoms with van der Waals surface area (Å²) in [5, 5.41) is 0. The van der Waals surface area contributed by atoms with E-state index in [1.807, 2.05) is 9.80 Å². The second kappa shape index (κ2) is 5.52. The summed E-state index contributed by atoms with van der Waals surface area (Å²) in [6.07, 6.45) is 7.15.